The number of benzene rings is 2. The molecule has 1 N–H and O–H groups in total. The van der Waals surface area contributed by atoms with E-state index in [1.165, 1.54) is 12.1 Å². The highest BCUT2D eigenvalue weighted by molar-refractivity contribution is 6.33. The van der Waals surface area contributed by atoms with Crippen molar-refractivity contribution in [2.45, 2.75) is 13.0 Å². The van der Waals surface area contributed by atoms with Crippen LogP contribution in [0.3, 0.4) is 0 Å². The van der Waals surface area contributed by atoms with E-state index < -0.39 is 17.7 Å². The smallest absolute Gasteiger partial charge is 0.131 e. The summed E-state index contributed by atoms with van der Waals surface area (Å²) in [6.07, 6.45) is 0. The van der Waals surface area contributed by atoms with Crippen molar-refractivity contribution < 1.29 is 8.78 Å². The van der Waals surface area contributed by atoms with Crippen LogP contribution in [0.1, 0.15) is 24.1 Å². The topological polar surface area (TPSA) is 12.0 Å². The van der Waals surface area contributed by atoms with E-state index in [0.29, 0.717) is 27.7 Å². The van der Waals surface area contributed by atoms with Gasteiger partial charge in [0.1, 0.15) is 11.6 Å². The Morgan fingerprint density at radius 2 is 1.80 bits per heavy atom. The van der Waals surface area contributed by atoms with Gasteiger partial charge in [0.25, 0.3) is 0 Å². The molecule has 0 aliphatic heterocycles. The summed E-state index contributed by atoms with van der Waals surface area (Å²) in [4.78, 5) is 0. The third-order valence-electron chi connectivity index (χ3n) is 2.95. The molecule has 0 spiro atoms. The normalized spacial score (nSPS) is 12.4. The van der Waals surface area contributed by atoms with Gasteiger partial charge in [-0.1, -0.05) is 36.2 Å². The van der Waals surface area contributed by atoms with Crippen molar-refractivity contribution in [3.8, 4) is 0 Å². The average Bonchev–Trinajstić information content (AvgIpc) is 2.40. The van der Waals surface area contributed by atoms with Crippen LogP contribution in [0.15, 0.2) is 36.4 Å². The van der Waals surface area contributed by atoms with Crippen molar-refractivity contribution in [2.24, 2.45) is 0 Å². The van der Waals surface area contributed by atoms with Gasteiger partial charge in [0, 0.05) is 21.7 Å². The lowest BCUT2D eigenvalue weighted by Crippen LogP contribution is -2.23. The Kier molecular flexibility index (Phi) is 4.97. The maximum atomic E-state index is 14.0. The Hall–Kier alpha value is -1.16. The van der Waals surface area contributed by atoms with Crippen LogP contribution in [0.4, 0.5) is 8.78 Å². The van der Waals surface area contributed by atoms with E-state index in [1.54, 1.807) is 18.2 Å². The lowest BCUT2D eigenvalue weighted by atomic mass is 9.98. The second-order valence-corrected chi connectivity index (χ2v) is 5.17. The van der Waals surface area contributed by atoms with E-state index in [4.69, 9.17) is 23.2 Å². The fourth-order valence-electron chi connectivity index (χ4n) is 2.06. The first kappa shape index (κ1) is 15.2. The van der Waals surface area contributed by atoms with Gasteiger partial charge < -0.3 is 5.32 Å². The van der Waals surface area contributed by atoms with Crippen molar-refractivity contribution in [3.05, 3.63) is 69.2 Å². The molecule has 2 aromatic carbocycles. The predicted octanol–water partition coefficient (Wildman–Crippen LogP) is 4.97. The zero-order valence-electron chi connectivity index (χ0n) is 10.8. The van der Waals surface area contributed by atoms with E-state index in [9.17, 15) is 8.78 Å². The van der Waals surface area contributed by atoms with Gasteiger partial charge in [0.05, 0.1) is 6.04 Å². The number of hydrogen-bond acceptors (Lipinski definition) is 1. The summed E-state index contributed by atoms with van der Waals surface area (Å²) in [5.41, 5.74) is 0.990. The molecular weight excluding hydrogens is 303 g/mol. The second kappa shape index (κ2) is 6.53. The molecule has 0 amide bonds. The molecule has 0 radical (unpaired) electrons. The molecule has 2 rings (SSSR count). The summed E-state index contributed by atoms with van der Waals surface area (Å²) in [5.74, 6) is -1.23. The van der Waals surface area contributed by atoms with E-state index in [0.717, 1.165) is 6.07 Å². The molecule has 0 aliphatic rings. The molecule has 0 saturated carbocycles. The van der Waals surface area contributed by atoms with Crippen molar-refractivity contribution in [1.82, 2.24) is 5.32 Å². The minimum Gasteiger partial charge on any atom is -0.306 e. The minimum atomic E-state index is -0.619. The number of nitrogens with one attached hydrogen (secondary N) is 1. The molecule has 5 heteroatoms. The van der Waals surface area contributed by atoms with Gasteiger partial charge in [-0.2, -0.15) is 0 Å². The zero-order chi connectivity index (χ0) is 14.7. The average molecular weight is 316 g/mol. The number of rotatable bonds is 4. The van der Waals surface area contributed by atoms with Crippen LogP contribution in [0.5, 0.6) is 0 Å². The van der Waals surface area contributed by atoms with Crippen LogP contribution < -0.4 is 5.32 Å². The van der Waals surface area contributed by atoms with E-state index in [1.807, 2.05) is 6.92 Å². The maximum absolute atomic E-state index is 14.0. The van der Waals surface area contributed by atoms with Gasteiger partial charge in [-0.15, -0.1) is 0 Å². The van der Waals surface area contributed by atoms with Gasteiger partial charge >= 0.3 is 0 Å². The lowest BCUT2D eigenvalue weighted by molar-refractivity contribution is 0.541. The van der Waals surface area contributed by atoms with E-state index in [2.05, 4.69) is 5.32 Å². The van der Waals surface area contributed by atoms with E-state index >= 15 is 0 Å². The zero-order valence-corrected chi connectivity index (χ0v) is 12.3. The highest BCUT2D eigenvalue weighted by atomic mass is 35.5. The molecule has 0 saturated heterocycles. The molecule has 0 bridgehead atoms. The van der Waals surface area contributed by atoms with Crippen molar-refractivity contribution >= 4 is 23.2 Å². The molecule has 20 heavy (non-hydrogen) atoms. The Morgan fingerprint density at radius 1 is 1.05 bits per heavy atom. The van der Waals surface area contributed by atoms with Crippen molar-refractivity contribution in [3.63, 3.8) is 0 Å². The largest absolute Gasteiger partial charge is 0.306 e. The van der Waals surface area contributed by atoms with Crippen molar-refractivity contribution in [1.29, 1.82) is 0 Å². The van der Waals surface area contributed by atoms with Crippen LogP contribution in [-0.4, -0.2) is 6.54 Å². The molecule has 1 atom stereocenters. The summed E-state index contributed by atoms with van der Waals surface area (Å²) >= 11 is 12.1. The number of halogens is 4. The summed E-state index contributed by atoms with van der Waals surface area (Å²) < 4.78 is 27.0. The quantitative estimate of drug-likeness (QED) is 0.840. The summed E-state index contributed by atoms with van der Waals surface area (Å²) in [6, 6.07) is 8.02. The molecule has 0 fully saturated rings. The standard InChI is InChI=1S/C15H13Cl2F2N/c1-2-20-15(11-5-4-10(18)8-14(11)19)12-7-9(16)3-6-13(12)17/h3-8,15,20H,2H2,1H3. The summed E-state index contributed by atoms with van der Waals surface area (Å²) in [7, 11) is 0. The fraction of sp³-hybridized carbons (Fsp3) is 0.200. The maximum Gasteiger partial charge on any atom is 0.131 e. The Morgan fingerprint density at radius 3 is 2.45 bits per heavy atom. The highest BCUT2D eigenvalue weighted by Crippen LogP contribution is 2.32. The van der Waals surface area contributed by atoms with E-state index in [-0.39, 0.29) is 0 Å². The fourth-order valence-corrected chi connectivity index (χ4v) is 2.47. The minimum absolute atomic E-state index is 0.331. The van der Waals surface area contributed by atoms with Gasteiger partial charge in [-0.25, -0.2) is 8.78 Å². The Labute approximate surface area is 126 Å². The van der Waals surface area contributed by atoms with Crippen LogP contribution in [0.2, 0.25) is 10.0 Å². The summed E-state index contributed by atoms with van der Waals surface area (Å²) in [6.45, 7) is 2.50. The molecule has 1 nitrogen and oxygen atoms in total. The Bertz CT molecular complexity index is 617. The molecule has 2 aromatic rings. The monoisotopic (exact) mass is 315 g/mol. The highest BCUT2D eigenvalue weighted by Gasteiger charge is 2.20. The second-order valence-electron chi connectivity index (χ2n) is 4.32. The van der Waals surface area contributed by atoms with Gasteiger partial charge in [-0.3, -0.25) is 0 Å². The first-order chi connectivity index (χ1) is 9.52. The SMILES string of the molecule is CCNC(c1ccc(F)cc1F)c1cc(Cl)ccc1Cl. The van der Waals surface area contributed by atoms with Gasteiger partial charge in [0.2, 0.25) is 0 Å². The molecule has 0 aliphatic carbocycles. The molecule has 0 heterocycles. The van der Waals surface area contributed by atoms with Gasteiger partial charge in [-0.05, 0) is 36.4 Å². The molecule has 0 aromatic heterocycles. The molecule has 106 valence electrons. The van der Waals surface area contributed by atoms with Crippen LogP contribution in [-0.2, 0) is 0 Å². The van der Waals surface area contributed by atoms with Crippen molar-refractivity contribution in [2.75, 3.05) is 6.54 Å². The third kappa shape index (κ3) is 3.29. The predicted molar refractivity (Wildman–Crippen MR) is 78.3 cm³/mol. The first-order valence-corrected chi connectivity index (χ1v) is 6.91. The van der Waals surface area contributed by atoms with Gasteiger partial charge in [0.15, 0.2) is 0 Å². The molecule has 1 unspecified atom stereocenters. The Balaban J connectivity index is 2.53. The number of hydrogen-bond donors (Lipinski definition) is 1. The van der Waals surface area contributed by atoms with Crippen LogP contribution >= 0.6 is 23.2 Å². The first-order valence-electron chi connectivity index (χ1n) is 6.16. The third-order valence-corrected chi connectivity index (χ3v) is 3.53. The van der Waals surface area contributed by atoms with Crippen LogP contribution in [0, 0.1) is 11.6 Å². The lowest BCUT2D eigenvalue weighted by Gasteiger charge is -2.21. The summed E-state index contributed by atoms with van der Waals surface area (Å²) in [5, 5.41) is 4.12. The van der Waals surface area contributed by atoms with Crippen LogP contribution in [0.25, 0.3) is 0 Å². The molecular formula is C15H13Cl2F2N.